The summed E-state index contributed by atoms with van der Waals surface area (Å²) in [6.45, 7) is 5.63. The van der Waals surface area contributed by atoms with Gasteiger partial charge in [-0.05, 0) is 56.2 Å². The molecule has 14 heteroatoms. The van der Waals surface area contributed by atoms with Gasteiger partial charge in [-0.25, -0.2) is 4.79 Å². The highest BCUT2D eigenvalue weighted by molar-refractivity contribution is 6.19. The third-order valence-corrected chi connectivity index (χ3v) is 10.9. The molecule has 13 nitrogen and oxygen atoms in total. The second-order valence-corrected chi connectivity index (χ2v) is 14.5. The molecule has 3 aliphatic heterocycles. The standard InChI is InChI=1S/C40H50ClN5O8/c1-26(47)53-25-28-10-9-14-45(28)39(49)31-20-35(51-3)36(21-32(31)42)52-19-8-4-5-13-37(48)46-24-27(23-41)38-30-12-7-6-11-29(30)34(22-33(38)46)54-40(50)44-17-15-43(2)16-18-44/h6-7,11-12,20-22,27-28H,4-5,8-10,13-19,23-25,42H2,1-3H3/t27-,28+/m1/s1. The molecule has 2 N–H and O–H groups in total. The largest absolute Gasteiger partial charge is 0.493 e. The van der Waals surface area contributed by atoms with E-state index >= 15 is 0 Å². The summed E-state index contributed by atoms with van der Waals surface area (Å²) in [5.41, 5.74) is 8.66. The first-order valence-corrected chi connectivity index (χ1v) is 19.2. The van der Waals surface area contributed by atoms with Gasteiger partial charge in [-0.15, -0.1) is 11.6 Å². The van der Waals surface area contributed by atoms with E-state index in [1.807, 2.05) is 37.4 Å². The molecule has 0 aromatic heterocycles. The fourth-order valence-corrected chi connectivity index (χ4v) is 7.81. The number of anilines is 2. The number of carbonyl (C=O) groups is 4. The van der Waals surface area contributed by atoms with E-state index in [0.717, 1.165) is 54.4 Å². The van der Waals surface area contributed by atoms with Crippen molar-refractivity contribution in [2.24, 2.45) is 0 Å². The highest BCUT2D eigenvalue weighted by atomic mass is 35.5. The Bertz CT molecular complexity index is 1870. The third kappa shape index (κ3) is 8.63. The number of piperazine rings is 1. The van der Waals surface area contributed by atoms with Crippen molar-refractivity contribution < 1.29 is 38.1 Å². The minimum absolute atomic E-state index is 0.0146. The van der Waals surface area contributed by atoms with Gasteiger partial charge in [0.15, 0.2) is 11.5 Å². The van der Waals surface area contributed by atoms with Crippen LogP contribution in [0.2, 0.25) is 0 Å². The molecule has 0 saturated carbocycles. The van der Waals surface area contributed by atoms with E-state index in [-0.39, 0.29) is 42.0 Å². The number of nitrogens with zero attached hydrogens (tertiary/aromatic N) is 4. The zero-order chi connectivity index (χ0) is 38.4. The summed E-state index contributed by atoms with van der Waals surface area (Å²) in [5, 5.41) is 1.75. The number of halogens is 1. The van der Waals surface area contributed by atoms with Gasteiger partial charge in [0, 0.05) is 87.6 Å². The molecular formula is C40H50ClN5O8. The Morgan fingerprint density at radius 2 is 1.69 bits per heavy atom. The molecule has 290 valence electrons. The van der Waals surface area contributed by atoms with Gasteiger partial charge >= 0.3 is 12.1 Å². The van der Waals surface area contributed by atoms with E-state index in [2.05, 4.69) is 4.90 Å². The quantitative estimate of drug-likeness (QED) is 0.100. The molecule has 3 heterocycles. The van der Waals surface area contributed by atoms with Crippen LogP contribution < -0.4 is 24.8 Å². The number of amides is 3. The second kappa shape index (κ2) is 17.6. The topological polar surface area (TPSA) is 144 Å². The van der Waals surface area contributed by atoms with Crippen LogP contribution in [0.5, 0.6) is 17.2 Å². The second-order valence-electron chi connectivity index (χ2n) is 14.2. The van der Waals surface area contributed by atoms with Crippen molar-refractivity contribution in [1.29, 1.82) is 0 Å². The normalized spacial score (nSPS) is 18.5. The Morgan fingerprint density at radius 1 is 0.926 bits per heavy atom. The summed E-state index contributed by atoms with van der Waals surface area (Å²) in [6.07, 6.45) is 3.57. The van der Waals surface area contributed by atoms with E-state index < -0.39 is 6.09 Å². The van der Waals surface area contributed by atoms with Crippen molar-refractivity contribution in [3.63, 3.8) is 0 Å². The van der Waals surface area contributed by atoms with Crippen LogP contribution in [-0.2, 0) is 14.3 Å². The molecule has 0 spiro atoms. The predicted octanol–water partition coefficient (Wildman–Crippen LogP) is 5.65. The maximum atomic E-state index is 13.7. The van der Waals surface area contributed by atoms with Crippen LogP contribution in [-0.4, -0.2) is 117 Å². The zero-order valence-electron chi connectivity index (χ0n) is 31.3. The van der Waals surface area contributed by atoms with Crippen molar-refractivity contribution >= 4 is 57.6 Å². The Balaban J connectivity index is 1.05. The minimum atomic E-state index is -0.391. The van der Waals surface area contributed by atoms with Crippen molar-refractivity contribution in [1.82, 2.24) is 14.7 Å². The molecule has 0 radical (unpaired) electrons. The molecular weight excluding hydrogens is 714 g/mol. The van der Waals surface area contributed by atoms with E-state index in [1.165, 1.54) is 14.0 Å². The van der Waals surface area contributed by atoms with Crippen molar-refractivity contribution in [2.75, 3.05) is 83.2 Å². The highest BCUT2D eigenvalue weighted by Gasteiger charge is 2.35. The van der Waals surface area contributed by atoms with Crippen LogP contribution in [0.3, 0.4) is 0 Å². The van der Waals surface area contributed by atoms with Gasteiger partial charge in [0.2, 0.25) is 5.91 Å². The number of benzene rings is 3. The van der Waals surface area contributed by atoms with Gasteiger partial charge < -0.3 is 44.3 Å². The minimum Gasteiger partial charge on any atom is -0.493 e. The van der Waals surface area contributed by atoms with Gasteiger partial charge in [-0.3, -0.25) is 14.4 Å². The first-order chi connectivity index (χ1) is 26.1. The van der Waals surface area contributed by atoms with Crippen LogP contribution in [0.15, 0.2) is 42.5 Å². The van der Waals surface area contributed by atoms with Crippen LogP contribution in [0, 0.1) is 0 Å². The van der Waals surface area contributed by atoms with E-state index in [4.69, 9.17) is 36.3 Å². The fourth-order valence-electron chi connectivity index (χ4n) is 7.56. The first kappa shape index (κ1) is 39.0. The summed E-state index contributed by atoms with van der Waals surface area (Å²) in [5.74, 6) is 0.922. The molecule has 3 aromatic carbocycles. The molecule has 0 unspecified atom stereocenters. The average Bonchev–Trinajstić information content (AvgIpc) is 3.80. The van der Waals surface area contributed by atoms with Crippen LogP contribution >= 0.6 is 11.6 Å². The van der Waals surface area contributed by atoms with Gasteiger partial charge in [0.05, 0.1) is 31.0 Å². The number of nitrogens with two attached hydrogens (primary N) is 1. The van der Waals surface area contributed by atoms with Gasteiger partial charge in [-0.2, -0.15) is 0 Å². The zero-order valence-corrected chi connectivity index (χ0v) is 32.1. The average molecular weight is 764 g/mol. The molecule has 3 amide bonds. The summed E-state index contributed by atoms with van der Waals surface area (Å²) < 4.78 is 22.8. The number of hydrogen-bond donors (Lipinski definition) is 1. The number of hydrogen-bond acceptors (Lipinski definition) is 10. The Kier molecular flexibility index (Phi) is 12.7. The van der Waals surface area contributed by atoms with E-state index in [0.29, 0.717) is 80.7 Å². The van der Waals surface area contributed by atoms with E-state index in [9.17, 15) is 19.2 Å². The molecule has 0 bridgehead atoms. The van der Waals surface area contributed by atoms with Crippen molar-refractivity contribution in [2.45, 2.75) is 57.4 Å². The lowest BCUT2D eigenvalue weighted by Gasteiger charge is -2.31. The molecule has 3 aromatic rings. The molecule has 6 rings (SSSR count). The number of carbonyl (C=O) groups excluding carboxylic acids is 4. The van der Waals surface area contributed by atoms with E-state index in [1.54, 1.807) is 26.8 Å². The number of rotatable bonds is 13. The molecule has 54 heavy (non-hydrogen) atoms. The van der Waals surface area contributed by atoms with Crippen LogP contribution in [0.1, 0.15) is 67.3 Å². The van der Waals surface area contributed by atoms with Gasteiger partial charge in [0.25, 0.3) is 5.91 Å². The lowest BCUT2D eigenvalue weighted by atomic mass is 9.95. The molecule has 0 aliphatic carbocycles. The lowest BCUT2D eigenvalue weighted by molar-refractivity contribution is -0.142. The van der Waals surface area contributed by atoms with Gasteiger partial charge in [-0.1, -0.05) is 24.3 Å². The Hall–Kier alpha value is -4.75. The smallest absolute Gasteiger partial charge is 0.415 e. The maximum absolute atomic E-state index is 13.7. The fraction of sp³-hybridized carbons (Fsp3) is 0.500. The number of likely N-dealkylation sites (N-methyl/N-ethyl adjacent to an activating group) is 1. The molecule has 2 fully saturated rings. The number of methoxy groups -OCH3 is 1. The van der Waals surface area contributed by atoms with Crippen LogP contribution in [0.25, 0.3) is 10.8 Å². The summed E-state index contributed by atoms with van der Waals surface area (Å²) in [7, 11) is 3.54. The van der Waals surface area contributed by atoms with Crippen LogP contribution in [0.4, 0.5) is 16.2 Å². The van der Waals surface area contributed by atoms with Crippen molar-refractivity contribution in [3.8, 4) is 17.2 Å². The summed E-state index contributed by atoms with van der Waals surface area (Å²) in [6, 6.07) is 12.6. The number of alkyl halides is 1. The number of ether oxygens (including phenoxy) is 4. The monoisotopic (exact) mass is 763 g/mol. The van der Waals surface area contributed by atoms with Gasteiger partial charge in [0.1, 0.15) is 12.4 Å². The number of likely N-dealkylation sites (tertiary alicyclic amines) is 1. The molecule has 2 atom stereocenters. The number of unbranched alkanes of at least 4 members (excludes halogenated alkanes) is 2. The number of fused-ring (bicyclic) bond motifs is 3. The lowest BCUT2D eigenvalue weighted by Crippen LogP contribution is -2.48. The Labute approximate surface area is 321 Å². The molecule has 2 saturated heterocycles. The SMILES string of the molecule is COc1cc(C(=O)N2CCC[C@H]2COC(C)=O)c(N)cc1OCCCCCC(=O)N1C[C@@H](CCl)c2c1cc(OC(=O)N1CCN(C)CC1)c1ccccc21. The van der Waals surface area contributed by atoms with Crippen molar-refractivity contribution in [3.05, 3.63) is 53.6 Å². The number of esters is 1. The highest BCUT2D eigenvalue weighted by Crippen LogP contribution is 2.46. The predicted molar refractivity (Wildman–Crippen MR) is 207 cm³/mol. The summed E-state index contributed by atoms with van der Waals surface area (Å²) in [4.78, 5) is 59.0. The Morgan fingerprint density at radius 3 is 2.41 bits per heavy atom. The molecule has 3 aliphatic rings. The summed E-state index contributed by atoms with van der Waals surface area (Å²) >= 11 is 6.47. The maximum Gasteiger partial charge on any atom is 0.415 e. The number of nitrogen functional groups attached to an aromatic ring is 1. The third-order valence-electron chi connectivity index (χ3n) is 10.6. The first-order valence-electron chi connectivity index (χ1n) is 18.7.